The van der Waals surface area contributed by atoms with Gasteiger partial charge in [-0.3, -0.25) is 13.9 Å². The maximum atomic E-state index is 13.7. The Morgan fingerprint density at radius 3 is 2.00 bits per heavy atom. The molecule has 0 radical (unpaired) electrons. The fourth-order valence-electron chi connectivity index (χ4n) is 3.84. The Morgan fingerprint density at radius 2 is 1.53 bits per heavy atom. The summed E-state index contributed by atoms with van der Waals surface area (Å²) < 4.78 is 26.6. The number of aryl methyl sites for hydroxylation is 2. The Kier molecular flexibility index (Phi) is 9.79. The van der Waals surface area contributed by atoms with Gasteiger partial charge in [-0.05, 0) is 50.5 Å². The smallest absolute Gasteiger partial charge is 0.244 e. The molecule has 0 aromatic heterocycles. The Bertz CT molecular complexity index is 1110. The van der Waals surface area contributed by atoms with Crippen LogP contribution in [-0.2, 0) is 26.2 Å². The minimum absolute atomic E-state index is 0.0443. The van der Waals surface area contributed by atoms with Gasteiger partial charge in [0.1, 0.15) is 12.6 Å². The van der Waals surface area contributed by atoms with Crippen LogP contribution in [0.3, 0.4) is 0 Å². The predicted molar refractivity (Wildman–Crippen MR) is 138 cm³/mol. The quantitative estimate of drug-likeness (QED) is 0.498. The molecule has 0 bridgehead atoms. The zero-order valence-electron chi connectivity index (χ0n) is 20.1. The summed E-state index contributed by atoms with van der Waals surface area (Å²) in [5, 5.41) is 3.45. The number of amides is 2. The molecule has 1 N–H and O–H groups in total. The number of nitrogens with one attached hydrogen (secondary N) is 1. The van der Waals surface area contributed by atoms with E-state index in [2.05, 4.69) is 5.32 Å². The minimum Gasteiger partial charge on any atom is -0.355 e. The monoisotopic (exact) mass is 527 g/mol. The summed E-state index contributed by atoms with van der Waals surface area (Å²) in [5.41, 5.74) is 2.37. The van der Waals surface area contributed by atoms with Crippen LogP contribution < -0.4 is 9.62 Å². The van der Waals surface area contributed by atoms with Gasteiger partial charge in [0.25, 0.3) is 0 Å². The van der Waals surface area contributed by atoms with Gasteiger partial charge in [0, 0.05) is 28.7 Å². The van der Waals surface area contributed by atoms with Gasteiger partial charge < -0.3 is 10.2 Å². The van der Waals surface area contributed by atoms with Crippen molar-refractivity contribution in [3.63, 3.8) is 0 Å². The molecule has 10 heteroatoms. The number of carbonyl (C=O) groups is 2. The molecule has 0 aliphatic carbocycles. The van der Waals surface area contributed by atoms with Crippen LogP contribution in [0, 0.1) is 13.8 Å². The highest BCUT2D eigenvalue weighted by molar-refractivity contribution is 7.92. The molecular formula is C24H31Cl2N3O4S. The van der Waals surface area contributed by atoms with E-state index in [4.69, 9.17) is 23.2 Å². The molecule has 0 fully saturated rings. The lowest BCUT2D eigenvalue weighted by atomic mass is 10.1. The molecule has 186 valence electrons. The van der Waals surface area contributed by atoms with E-state index in [0.29, 0.717) is 34.3 Å². The van der Waals surface area contributed by atoms with Gasteiger partial charge in [0.2, 0.25) is 21.8 Å². The number of hydrogen-bond acceptors (Lipinski definition) is 4. The number of nitrogens with zero attached hydrogens (tertiary/aromatic N) is 2. The molecule has 7 nitrogen and oxygen atoms in total. The van der Waals surface area contributed by atoms with Crippen molar-refractivity contribution in [2.45, 2.75) is 46.7 Å². The van der Waals surface area contributed by atoms with E-state index < -0.39 is 28.5 Å². The average molecular weight is 529 g/mol. The molecular weight excluding hydrogens is 497 g/mol. The zero-order valence-corrected chi connectivity index (χ0v) is 22.4. The Hall–Kier alpha value is -2.29. The van der Waals surface area contributed by atoms with Gasteiger partial charge in [-0.1, -0.05) is 54.4 Å². The second kappa shape index (κ2) is 11.9. The second-order valence-corrected chi connectivity index (χ2v) is 10.8. The normalized spacial score (nSPS) is 12.2. The molecule has 0 heterocycles. The van der Waals surface area contributed by atoms with Gasteiger partial charge >= 0.3 is 0 Å². The van der Waals surface area contributed by atoms with Gasteiger partial charge in [0.05, 0.1) is 11.9 Å². The third-order valence-electron chi connectivity index (χ3n) is 5.50. The summed E-state index contributed by atoms with van der Waals surface area (Å²) in [6.07, 6.45) is 1.38. The lowest BCUT2D eigenvalue weighted by Gasteiger charge is -2.33. The molecule has 34 heavy (non-hydrogen) atoms. The third-order valence-corrected chi connectivity index (χ3v) is 7.32. The standard InChI is InChI=1S/C24H31Cl2N3O4S/c1-6-21(24(31)27-7-2)28(14-18-19(25)12-9-13-20(18)26)22(30)15-29(34(5,32)33)23-16(3)10-8-11-17(23)4/h8-13,21H,6-7,14-15H2,1-5H3,(H,27,31). The van der Waals surface area contributed by atoms with Crippen molar-refractivity contribution in [2.75, 3.05) is 23.7 Å². The van der Waals surface area contributed by atoms with Crippen molar-refractivity contribution in [1.82, 2.24) is 10.2 Å². The fourth-order valence-corrected chi connectivity index (χ4v) is 5.32. The van der Waals surface area contributed by atoms with E-state index in [0.717, 1.165) is 21.7 Å². The van der Waals surface area contributed by atoms with E-state index in [9.17, 15) is 18.0 Å². The van der Waals surface area contributed by atoms with Crippen LogP contribution in [-0.4, -0.2) is 50.5 Å². The molecule has 0 aliphatic heterocycles. The highest BCUT2D eigenvalue weighted by atomic mass is 35.5. The van der Waals surface area contributed by atoms with Crippen molar-refractivity contribution in [3.8, 4) is 0 Å². The van der Waals surface area contributed by atoms with E-state index in [1.165, 1.54) is 4.90 Å². The topological polar surface area (TPSA) is 86.8 Å². The molecule has 0 aliphatic rings. The number of benzene rings is 2. The summed E-state index contributed by atoms with van der Waals surface area (Å²) in [6, 6.07) is 9.55. The summed E-state index contributed by atoms with van der Waals surface area (Å²) in [6.45, 7) is 7.02. The molecule has 0 saturated heterocycles. The fraction of sp³-hybridized carbons (Fsp3) is 0.417. The number of halogens is 2. The Balaban J connectivity index is 2.55. The number of para-hydroxylation sites is 1. The zero-order chi connectivity index (χ0) is 25.6. The number of rotatable bonds is 10. The molecule has 0 spiro atoms. The van der Waals surface area contributed by atoms with Crippen LogP contribution in [0.4, 0.5) is 5.69 Å². The van der Waals surface area contributed by atoms with E-state index in [-0.39, 0.29) is 12.5 Å². The number of sulfonamides is 1. The van der Waals surface area contributed by atoms with Crippen LogP contribution >= 0.6 is 23.2 Å². The molecule has 2 amide bonds. The first-order valence-electron chi connectivity index (χ1n) is 11.0. The van der Waals surface area contributed by atoms with Gasteiger partial charge in [-0.2, -0.15) is 0 Å². The first-order chi connectivity index (χ1) is 15.9. The van der Waals surface area contributed by atoms with Crippen LogP contribution in [0.1, 0.15) is 37.0 Å². The van der Waals surface area contributed by atoms with Crippen LogP contribution in [0.5, 0.6) is 0 Å². The molecule has 2 rings (SSSR count). The lowest BCUT2D eigenvalue weighted by molar-refractivity contribution is -0.140. The van der Waals surface area contributed by atoms with Crippen molar-refractivity contribution in [1.29, 1.82) is 0 Å². The van der Waals surface area contributed by atoms with Crippen LogP contribution in [0.2, 0.25) is 10.0 Å². The first-order valence-corrected chi connectivity index (χ1v) is 13.6. The second-order valence-electron chi connectivity index (χ2n) is 8.05. The van der Waals surface area contributed by atoms with E-state index in [1.54, 1.807) is 58.0 Å². The van der Waals surface area contributed by atoms with Crippen molar-refractivity contribution < 1.29 is 18.0 Å². The lowest BCUT2D eigenvalue weighted by Crippen LogP contribution is -2.52. The SMILES string of the molecule is CCNC(=O)C(CC)N(Cc1c(Cl)cccc1Cl)C(=O)CN(c1c(C)cccc1C)S(C)(=O)=O. The van der Waals surface area contributed by atoms with Crippen molar-refractivity contribution >= 4 is 50.7 Å². The maximum absolute atomic E-state index is 13.7. The first kappa shape index (κ1) is 28.0. The summed E-state index contributed by atoms with van der Waals surface area (Å²) in [7, 11) is -3.81. The Morgan fingerprint density at radius 1 is 1.00 bits per heavy atom. The number of likely N-dealkylation sites (N-methyl/N-ethyl adjacent to an activating group) is 1. The van der Waals surface area contributed by atoms with Gasteiger partial charge in [-0.25, -0.2) is 8.42 Å². The number of anilines is 1. The van der Waals surface area contributed by atoms with Crippen molar-refractivity contribution in [3.05, 3.63) is 63.1 Å². The average Bonchev–Trinajstić information content (AvgIpc) is 2.74. The maximum Gasteiger partial charge on any atom is 0.244 e. The van der Waals surface area contributed by atoms with E-state index in [1.807, 2.05) is 6.07 Å². The van der Waals surface area contributed by atoms with E-state index >= 15 is 0 Å². The molecule has 2 aromatic rings. The summed E-state index contributed by atoms with van der Waals surface area (Å²) in [5.74, 6) is -0.873. The van der Waals surface area contributed by atoms with Crippen LogP contribution in [0.15, 0.2) is 36.4 Å². The predicted octanol–water partition coefficient (Wildman–Crippen LogP) is 4.32. The highest BCUT2D eigenvalue weighted by Crippen LogP contribution is 2.29. The molecule has 2 aromatic carbocycles. The van der Waals surface area contributed by atoms with Crippen LogP contribution in [0.25, 0.3) is 0 Å². The molecule has 0 saturated carbocycles. The van der Waals surface area contributed by atoms with Gasteiger partial charge in [0.15, 0.2) is 0 Å². The Labute approximate surface area is 212 Å². The minimum atomic E-state index is -3.81. The molecule has 1 unspecified atom stereocenters. The largest absolute Gasteiger partial charge is 0.355 e. The highest BCUT2D eigenvalue weighted by Gasteiger charge is 2.33. The number of hydrogen-bond donors (Lipinski definition) is 1. The third kappa shape index (κ3) is 6.64. The summed E-state index contributed by atoms with van der Waals surface area (Å²) in [4.78, 5) is 27.9. The van der Waals surface area contributed by atoms with Crippen molar-refractivity contribution in [2.24, 2.45) is 0 Å². The summed E-state index contributed by atoms with van der Waals surface area (Å²) >= 11 is 12.7. The number of carbonyl (C=O) groups excluding carboxylic acids is 2. The molecule has 1 atom stereocenters. The van der Waals surface area contributed by atoms with Gasteiger partial charge in [-0.15, -0.1) is 0 Å².